The van der Waals surface area contributed by atoms with E-state index in [0.717, 1.165) is 22.0 Å². The predicted octanol–water partition coefficient (Wildman–Crippen LogP) is 3.67. The molecule has 2 aromatic rings. The number of phenols is 1. The van der Waals surface area contributed by atoms with E-state index in [4.69, 9.17) is 0 Å². The highest BCUT2D eigenvalue weighted by molar-refractivity contribution is 14.1. The highest BCUT2D eigenvalue weighted by Gasteiger charge is 2.06. The van der Waals surface area contributed by atoms with Gasteiger partial charge in [0.15, 0.2) is 0 Å². The van der Waals surface area contributed by atoms with Gasteiger partial charge < -0.3 is 10.4 Å². The summed E-state index contributed by atoms with van der Waals surface area (Å²) in [5.74, 6) is 0.250. The van der Waals surface area contributed by atoms with Crippen LogP contribution >= 0.6 is 22.6 Å². The average Bonchev–Trinajstić information content (AvgIpc) is 2.48. The van der Waals surface area contributed by atoms with E-state index in [1.807, 2.05) is 37.3 Å². The van der Waals surface area contributed by atoms with E-state index in [9.17, 15) is 9.90 Å². The Kier molecular flexibility index (Phi) is 5.61. The van der Waals surface area contributed by atoms with Crippen molar-refractivity contribution in [3.8, 4) is 5.75 Å². The number of aromatic hydroxyl groups is 1. The SMILES string of the molecule is Cc1ccc(C(=O)NCCCc2ccc(O)cc2)cc1I. The van der Waals surface area contributed by atoms with Crippen LogP contribution in [0.3, 0.4) is 0 Å². The maximum Gasteiger partial charge on any atom is 0.251 e. The molecule has 110 valence electrons. The van der Waals surface area contributed by atoms with Crippen LogP contribution < -0.4 is 5.32 Å². The predicted molar refractivity (Wildman–Crippen MR) is 92.7 cm³/mol. The van der Waals surface area contributed by atoms with Crippen LogP contribution in [0.25, 0.3) is 0 Å². The lowest BCUT2D eigenvalue weighted by Gasteiger charge is -2.07. The molecule has 0 saturated heterocycles. The summed E-state index contributed by atoms with van der Waals surface area (Å²) in [5, 5.41) is 12.1. The summed E-state index contributed by atoms with van der Waals surface area (Å²) in [7, 11) is 0. The fraction of sp³-hybridized carbons (Fsp3) is 0.235. The Morgan fingerprint density at radius 1 is 1.19 bits per heavy atom. The summed E-state index contributed by atoms with van der Waals surface area (Å²) in [5.41, 5.74) is 3.04. The zero-order chi connectivity index (χ0) is 15.2. The van der Waals surface area contributed by atoms with Crippen LogP contribution in [0.4, 0.5) is 0 Å². The molecular formula is C17H18INO2. The number of aryl methyl sites for hydroxylation is 2. The van der Waals surface area contributed by atoms with E-state index >= 15 is 0 Å². The second-order valence-electron chi connectivity index (χ2n) is 4.99. The van der Waals surface area contributed by atoms with Crippen molar-refractivity contribution in [2.75, 3.05) is 6.54 Å². The normalized spacial score (nSPS) is 10.4. The summed E-state index contributed by atoms with van der Waals surface area (Å²) in [4.78, 5) is 12.0. The van der Waals surface area contributed by atoms with Gasteiger partial charge in [-0.15, -0.1) is 0 Å². The zero-order valence-electron chi connectivity index (χ0n) is 11.9. The van der Waals surface area contributed by atoms with Crippen LogP contribution in [0.15, 0.2) is 42.5 Å². The number of carbonyl (C=O) groups excluding carboxylic acids is 1. The van der Waals surface area contributed by atoms with Gasteiger partial charge in [-0.05, 0) is 77.7 Å². The Labute approximate surface area is 138 Å². The van der Waals surface area contributed by atoms with E-state index in [1.54, 1.807) is 12.1 Å². The Hall–Kier alpha value is -1.56. The van der Waals surface area contributed by atoms with E-state index in [2.05, 4.69) is 27.9 Å². The van der Waals surface area contributed by atoms with Crippen LogP contribution in [-0.2, 0) is 6.42 Å². The van der Waals surface area contributed by atoms with Crippen molar-refractivity contribution in [2.45, 2.75) is 19.8 Å². The minimum atomic E-state index is -0.0291. The third-order valence-corrected chi connectivity index (χ3v) is 4.46. The van der Waals surface area contributed by atoms with Crippen LogP contribution in [0, 0.1) is 10.5 Å². The molecule has 0 aliphatic carbocycles. The summed E-state index contributed by atoms with van der Waals surface area (Å²) >= 11 is 2.24. The topological polar surface area (TPSA) is 49.3 Å². The van der Waals surface area contributed by atoms with Crippen molar-refractivity contribution < 1.29 is 9.90 Å². The molecule has 0 unspecified atom stereocenters. The Morgan fingerprint density at radius 3 is 2.57 bits per heavy atom. The molecular weight excluding hydrogens is 377 g/mol. The Morgan fingerprint density at radius 2 is 1.90 bits per heavy atom. The standard InChI is InChI=1S/C17H18INO2/c1-12-4-7-14(11-16(12)18)17(21)19-10-2-3-13-5-8-15(20)9-6-13/h4-9,11,20H,2-3,10H2,1H3,(H,19,21). The molecule has 1 amide bonds. The third kappa shape index (κ3) is 4.74. The number of amides is 1. The lowest BCUT2D eigenvalue weighted by Crippen LogP contribution is -2.24. The molecule has 2 N–H and O–H groups in total. The first-order valence-electron chi connectivity index (χ1n) is 6.88. The number of carbonyl (C=O) groups is 1. The van der Waals surface area contributed by atoms with Crippen molar-refractivity contribution in [1.82, 2.24) is 5.32 Å². The van der Waals surface area contributed by atoms with Gasteiger partial charge >= 0.3 is 0 Å². The van der Waals surface area contributed by atoms with E-state index in [0.29, 0.717) is 12.1 Å². The van der Waals surface area contributed by atoms with Crippen molar-refractivity contribution in [2.24, 2.45) is 0 Å². The lowest BCUT2D eigenvalue weighted by atomic mass is 10.1. The summed E-state index contributed by atoms with van der Waals surface area (Å²) < 4.78 is 1.10. The molecule has 0 spiro atoms. The fourth-order valence-electron chi connectivity index (χ4n) is 1.99. The van der Waals surface area contributed by atoms with Crippen LogP contribution in [0.1, 0.15) is 27.9 Å². The molecule has 3 nitrogen and oxygen atoms in total. The third-order valence-electron chi connectivity index (χ3n) is 3.30. The van der Waals surface area contributed by atoms with Gasteiger partial charge in [0.1, 0.15) is 5.75 Å². The minimum Gasteiger partial charge on any atom is -0.508 e. The number of phenolic OH excluding ortho intramolecular Hbond substituents is 1. The van der Waals surface area contributed by atoms with Gasteiger partial charge in [-0.25, -0.2) is 0 Å². The summed E-state index contributed by atoms with van der Waals surface area (Å²) in [6.07, 6.45) is 1.76. The molecule has 0 atom stereocenters. The summed E-state index contributed by atoms with van der Waals surface area (Å²) in [6.45, 7) is 2.67. The molecule has 4 heteroatoms. The van der Waals surface area contributed by atoms with Gasteiger partial charge in [-0.3, -0.25) is 4.79 Å². The monoisotopic (exact) mass is 395 g/mol. The number of rotatable bonds is 5. The molecule has 0 bridgehead atoms. The van der Waals surface area contributed by atoms with Crippen molar-refractivity contribution in [1.29, 1.82) is 0 Å². The first-order valence-corrected chi connectivity index (χ1v) is 7.96. The maximum absolute atomic E-state index is 12.0. The minimum absolute atomic E-state index is 0.0291. The quantitative estimate of drug-likeness (QED) is 0.600. The van der Waals surface area contributed by atoms with E-state index in [-0.39, 0.29) is 11.7 Å². The second kappa shape index (κ2) is 7.45. The zero-order valence-corrected chi connectivity index (χ0v) is 14.1. The molecule has 2 rings (SSSR count). The van der Waals surface area contributed by atoms with Gasteiger partial charge in [-0.2, -0.15) is 0 Å². The fourth-order valence-corrected chi connectivity index (χ4v) is 2.51. The number of benzene rings is 2. The van der Waals surface area contributed by atoms with Crippen molar-refractivity contribution >= 4 is 28.5 Å². The van der Waals surface area contributed by atoms with Gasteiger partial charge in [0, 0.05) is 15.7 Å². The second-order valence-corrected chi connectivity index (χ2v) is 6.15. The van der Waals surface area contributed by atoms with Gasteiger partial charge in [-0.1, -0.05) is 18.2 Å². The first-order chi connectivity index (χ1) is 10.1. The average molecular weight is 395 g/mol. The van der Waals surface area contributed by atoms with Gasteiger partial charge in [0.05, 0.1) is 0 Å². The van der Waals surface area contributed by atoms with Crippen LogP contribution in [0.2, 0.25) is 0 Å². The van der Waals surface area contributed by atoms with Crippen LogP contribution in [-0.4, -0.2) is 17.6 Å². The number of halogens is 1. The molecule has 0 radical (unpaired) electrons. The Balaban J connectivity index is 1.79. The molecule has 21 heavy (non-hydrogen) atoms. The smallest absolute Gasteiger partial charge is 0.251 e. The molecule has 0 saturated carbocycles. The molecule has 0 heterocycles. The van der Waals surface area contributed by atoms with Gasteiger partial charge in [0.2, 0.25) is 0 Å². The first kappa shape index (κ1) is 15.8. The van der Waals surface area contributed by atoms with Crippen molar-refractivity contribution in [3.63, 3.8) is 0 Å². The molecule has 0 fully saturated rings. The summed E-state index contributed by atoms with van der Waals surface area (Å²) in [6, 6.07) is 12.9. The lowest BCUT2D eigenvalue weighted by molar-refractivity contribution is 0.0953. The maximum atomic E-state index is 12.0. The number of hydrogen-bond donors (Lipinski definition) is 2. The number of nitrogens with one attached hydrogen (secondary N) is 1. The largest absolute Gasteiger partial charge is 0.508 e. The highest BCUT2D eigenvalue weighted by Crippen LogP contribution is 2.13. The van der Waals surface area contributed by atoms with E-state index < -0.39 is 0 Å². The van der Waals surface area contributed by atoms with Crippen molar-refractivity contribution in [3.05, 3.63) is 62.7 Å². The molecule has 0 aromatic heterocycles. The van der Waals surface area contributed by atoms with E-state index in [1.165, 1.54) is 5.56 Å². The van der Waals surface area contributed by atoms with Gasteiger partial charge in [0.25, 0.3) is 5.91 Å². The highest BCUT2D eigenvalue weighted by atomic mass is 127. The van der Waals surface area contributed by atoms with Crippen LogP contribution in [0.5, 0.6) is 5.75 Å². The molecule has 0 aliphatic rings. The number of hydrogen-bond acceptors (Lipinski definition) is 2. The molecule has 2 aromatic carbocycles. The molecule has 0 aliphatic heterocycles. The Bertz CT molecular complexity index is 623.